The topological polar surface area (TPSA) is 26.3 Å². The highest BCUT2D eigenvalue weighted by molar-refractivity contribution is 5.69. The van der Waals surface area contributed by atoms with Gasteiger partial charge in [-0.05, 0) is 115 Å². The van der Waals surface area contributed by atoms with Crippen LogP contribution in [0.4, 0.5) is 0 Å². The van der Waals surface area contributed by atoms with E-state index in [9.17, 15) is 4.79 Å². The summed E-state index contributed by atoms with van der Waals surface area (Å²) in [6.45, 7) is 23.1. The fourth-order valence-corrected chi connectivity index (χ4v) is 14.3. The zero-order chi connectivity index (χ0) is 39.1. The molecule has 0 saturated heterocycles. The van der Waals surface area contributed by atoms with Gasteiger partial charge >= 0.3 is 5.97 Å². The van der Waals surface area contributed by atoms with Crippen molar-refractivity contribution < 1.29 is 9.53 Å². The lowest BCUT2D eigenvalue weighted by molar-refractivity contribution is -0.212. The smallest absolute Gasteiger partial charge is 0.306 e. The first-order valence-corrected chi connectivity index (χ1v) is 24.5. The van der Waals surface area contributed by atoms with E-state index < -0.39 is 0 Å². The van der Waals surface area contributed by atoms with E-state index >= 15 is 0 Å². The van der Waals surface area contributed by atoms with Gasteiger partial charge in [-0.1, -0.05) is 190 Å². The second-order valence-electron chi connectivity index (χ2n) is 22.8. The summed E-state index contributed by atoms with van der Waals surface area (Å²) in [5.74, 6) is 2.18. The number of carbonyl (C=O) groups excluding carboxylic acids is 1. The van der Waals surface area contributed by atoms with E-state index in [-0.39, 0.29) is 17.5 Å². The Balaban J connectivity index is 0.989. The van der Waals surface area contributed by atoms with Gasteiger partial charge in [0, 0.05) is 11.8 Å². The molecule has 4 fully saturated rings. The summed E-state index contributed by atoms with van der Waals surface area (Å²) in [5, 5.41) is 0. The maximum Gasteiger partial charge on any atom is 0.306 e. The summed E-state index contributed by atoms with van der Waals surface area (Å²) in [4.78, 5) is 13.3. The van der Waals surface area contributed by atoms with Crippen molar-refractivity contribution in [2.45, 2.75) is 261 Å². The number of ether oxygens (including phenoxy) is 1. The fourth-order valence-electron chi connectivity index (χ4n) is 14.3. The van der Waals surface area contributed by atoms with Crippen molar-refractivity contribution in [2.75, 3.05) is 0 Å². The minimum Gasteiger partial charge on any atom is -0.462 e. The molecule has 5 rings (SSSR count). The molecule has 0 aromatic rings. The van der Waals surface area contributed by atoms with Crippen LogP contribution in [0.25, 0.3) is 0 Å². The van der Waals surface area contributed by atoms with E-state index in [1.165, 1.54) is 173 Å². The van der Waals surface area contributed by atoms with Gasteiger partial charge in [0.2, 0.25) is 0 Å². The van der Waals surface area contributed by atoms with Crippen molar-refractivity contribution in [1.82, 2.24) is 0 Å². The minimum atomic E-state index is 0.0287. The molecule has 0 aromatic heterocycles. The molecule has 5 aliphatic rings. The molecular formula is C52H92O2. The third-order valence-electron chi connectivity index (χ3n) is 18.3. The third-order valence-corrected chi connectivity index (χ3v) is 18.3. The Kier molecular flexibility index (Phi) is 15.5. The highest BCUT2D eigenvalue weighted by Gasteiger charge is 2.68. The number of unbranched alkanes of at least 4 members (excludes halogenated alkanes) is 18. The number of esters is 1. The first-order valence-electron chi connectivity index (χ1n) is 24.5. The van der Waals surface area contributed by atoms with Crippen LogP contribution in [0.1, 0.15) is 255 Å². The van der Waals surface area contributed by atoms with E-state index in [4.69, 9.17) is 4.74 Å². The number of hydrogen-bond acceptors (Lipinski definition) is 2. The van der Waals surface area contributed by atoms with Gasteiger partial charge < -0.3 is 4.74 Å². The van der Waals surface area contributed by atoms with Crippen molar-refractivity contribution in [3.8, 4) is 0 Å². The molecule has 2 heteroatoms. The van der Waals surface area contributed by atoms with Crippen molar-refractivity contribution in [1.29, 1.82) is 0 Å². The van der Waals surface area contributed by atoms with Gasteiger partial charge in [0.15, 0.2) is 0 Å². The Hall–Kier alpha value is -0.790. The first-order chi connectivity index (χ1) is 25.6. The van der Waals surface area contributed by atoms with Crippen molar-refractivity contribution in [2.24, 2.45) is 50.2 Å². The summed E-state index contributed by atoms with van der Waals surface area (Å²) in [7, 11) is 0. The van der Waals surface area contributed by atoms with Crippen LogP contribution in [-0.4, -0.2) is 12.1 Å². The number of hydrogen-bond donors (Lipinski definition) is 0. The molecule has 0 aromatic carbocycles. The maximum atomic E-state index is 13.3. The Bertz CT molecular complexity index is 1210. The van der Waals surface area contributed by atoms with Gasteiger partial charge in [-0.3, -0.25) is 4.79 Å². The standard InChI is InChI=1S/C52H92O2/c1-10-11-12-13-14-15-16-17-18-19-20-21-22-23-24-25-26-27-28-29-46(53)54-45-33-34-50(7)43(48(45,4)5)32-35-52(9)44(50)31-30-41-42-40-47(2,3)36-37-49(42,6)38-39-51(41,52)8/h30,42-45H,10-29,31-40H2,1-9H3/t42-,43+,44-,45-,49+,50-,51+,52+/m0/s1. The zero-order valence-corrected chi connectivity index (χ0v) is 37.9. The van der Waals surface area contributed by atoms with Crippen LogP contribution >= 0.6 is 0 Å². The molecule has 312 valence electrons. The molecule has 54 heavy (non-hydrogen) atoms. The van der Waals surface area contributed by atoms with E-state index in [1.54, 1.807) is 0 Å². The number of rotatable bonds is 21. The Morgan fingerprint density at radius 2 is 1.13 bits per heavy atom. The van der Waals surface area contributed by atoms with Gasteiger partial charge in [-0.25, -0.2) is 0 Å². The molecule has 0 aliphatic heterocycles. The average Bonchev–Trinajstić information content (AvgIpc) is 3.11. The highest BCUT2D eigenvalue weighted by Crippen LogP contribution is 2.75. The third kappa shape index (κ3) is 9.73. The molecule has 0 spiro atoms. The first kappa shape index (κ1) is 44.3. The average molecular weight is 749 g/mol. The van der Waals surface area contributed by atoms with E-state index in [2.05, 4.69) is 68.4 Å². The largest absolute Gasteiger partial charge is 0.462 e. The normalized spacial score (nSPS) is 36.6. The van der Waals surface area contributed by atoms with Crippen molar-refractivity contribution in [3.05, 3.63) is 11.6 Å². The molecule has 0 bridgehead atoms. The summed E-state index contributed by atoms with van der Waals surface area (Å²) >= 11 is 0. The predicted octanol–water partition coefficient (Wildman–Crippen LogP) is 16.5. The minimum absolute atomic E-state index is 0.0287. The second-order valence-corrected chi connectivity index (χ2v) is 22.8. The monoisotopic (exact) mass is 749 g/mol. The molecule has 8 atom stereocenters. The van der Waals surface area contributed by atoms with Gasteiger partial charge in [0.1, 0.15) is 6.10 Å². The van der Waals surface area contributed by atoms with Gasteiger partial charge in [-0.15, -0.1) is 0 Å². The maximum absolute atomic E-state index is 13.3. The van der Waals surface area contributed by atoms with Crippen LogP contribution in [0.5, 0.6) is 0 Å². The fraction of sp³-hybridized carbons (Fsp3) is 0.942. The number of allylic oxidation sites excluding steroid dienone is 2. The molecule has 4 saturated carbocycles. The van der Waals surface area contributed by atoms with Crippen LogP contribution in [0.2, 0.25) is 0 Å². The van der Waals surface area contributed by atoms with Gasteiger partial charge in [0.25, 0.3) is 0 Å². The van der Waals surface area contributed by atoms with Crippen molar-refractivity contribution >= 4 is 5.97 Å². The van der Waals surface area contributed by atoms with Crippen LogP contribution in [0.3, 0.4) is 0 Å². The Morgan fingerprint density at radius 3 is 1.69 bits per heavy atom. The molecule has 0 radical (unpaired) electrons. The zero-order valence-electron chi connectivity index (χ0n) is 37.9. The second kappa shape index (κ2) is 18.9. The number of fused-ring (bicyclic) bond motifs is 7. The Morgan fingerprint density at radius 1 is 0.611 bits per heavy atom. The molecule has 0 amide bonds. The lowest BCUT2D eigenvalue weighted by Gasteiger charge is -2.71. The van der Waals surface area contributed by atoms with E-state index in [1.807, 2.05) is 5.57 Å². The van der Waals surface area contributed by atoms with Gasteiger partial charge in [0.05, 0.1) is 0 Å². The molecule has 5 aliphatic carbocycles. The van der Waals surface area contributed by atoms with Crippen LogP contribution in [0, 0.1) is 50.2 Å². The SMILES string of the molecule is CCCCCCCCCCCCCCCCCCCCCC(=O)O[C@H]1CC[C@@]2(C)[C@H](CC[C@]3(C)[C@H]2CC=C2[C@@H]4CC(C)(C)CC[C@]4(C)CC[C@]23C)C1(C)C. The molecule has 0 unspecified atom stereocenters. The molecule has 2 nitrogen and oxygen atoms in total. The highest BCUT2D eigenvalue weighted by atomic mass is 16.5. The molecular weight excluding hydrogens is 657 g/mol. The summed E-state index contributed by atoms with van der Waals surface area (Å²) in [5.41, 5.74) is 3.86. The predicted molar refractivity (Wildman–Crippen MR) is 233 cm³/mol. The van der Waals surface area contributed by atoms with E-state index in [0.717, 1.165) is 24.7 Å². The molecule has 0 heterocycles. The quantitative estimate of drug-likeness (QED) is 0.0664. The van der Waals surface area contributed by atoms with Crippen LogP contribution in [-0.2, 0) is 9.53 Å². The van der Waals surface area contributed by atoms with Crippen LogP contribution in [0.15, 0.2) is 11.6 Å². The molecule has 0 N–H and O–H groups in total. The summed E-state index contributed by atoms with van der Waals surface area (Å²) in [6.07, 6.45) is 42.8. The lowest BCUT2D eigenvalue weighted by Crippen LogP contribution is -2.64. The van der Waals surface area contributed by atoms with E-state index in [0.29, 0.717) is 39.4 Å². The van der Waals surface area contributed by atoms with Gasteiger partial charge in [-0.2, -0.15) is 0 Å². The summed E-state index contributed by atoms with van der Waals surface area (Å²) < 4.78 is 6.44. The van der Waals surface area contributed by atoms with Crippen LogP contribution < -0.4 is 0 Å². The number of carbonyl (C=O) groups is 1. The Labute approximate surface area is 337 Å². The van der Waals surface area contributed by atoms with Crippen molar-refractivity contribution in [3.63, 3.8) is 0 Å². The lowest BCUT2D eigenvalue weighted by atomic mass is 9.33. The summed E-state index contributed by atoms with van der Waals surface area (Å²) in [6, 6.07) is 0.